The number of amides is 1. The molecule has 0 aliphatic rings. The number of ether oxygens (including phenoxy) is 3. The van der Waals surface area contributed by atoms with E-state index in [0.717, 1.165) is 16.0 Å². The molecule has 148 valence electrons. The molecule has 0 spiro atoms. The van der Waals surface area contributed by atoms with Gasteiger partial charge in [0, 0.05) is 18.7 Å². The van der Waals surface area contributed by atoms with E-state index >= 15 is 0 Å². The van der Waals surface area contributed by atoms with Crippen LogP contribution in [-0.2, 0) is 11.3 Å². The number of para-hydroxylation sites is 1. The number of fused-ring (bicyclic) bond motifs is 1. The van der Waals surface area contributed by atoms with Gasteiger partial charge in [-0.05, 0) is 50.2 Å². The van der Waals surface area contributed by atoms with Crippen LogP contribution in [0.5, 0.6) is 11.5 Å². The van der Waals surface area contributed by atoms with E-state index in [1.165, 1.54) is 11.3 Å². The molecule has 0 N–H and O–H groups in total. The number of hydrogen-bond acceptors (Lipinski definition) is 5. The Balaban J connectivity index is 2.07. The third-order valence-corrected chi connectivity index (χ3v) is 5.20. The van der Waals surface area contributed by atoms with E-state index in [0.29, 0.717) is 42.5 Å². The third kappa shape index (κ3) is 4.43. The molecule has 1 aromatic heterocycles. The second kappa shape index (κ2) is 9.52. The number of methoxy groups -OCH3 is 1. The molecule has 0 aliphatic carbocycles. The summed E-state index contributed by atoms with van der Waals surface area (Å²) < 4.78 is 19.5. The molecule has 7 heteroatoms. The summed E-state index contributed by atoms with van der Waals surface area (Å²) in [5.41, 5.74) is 1.45. The van der Waals surface area contributed by atoms with E-state index in [1.54, 1.807) is 31.4 Å². The Bertz CT molecular complexity index is 1010. The molecule has 1 amide bonds. The van der Waals surface area contributed by atoms with Crippen LogP contribution in [0, 0.1) is 0 Å². The van der Waals surface area contributed by atoms with Crippen molar-refractivity contribution >= 4 is 27.5 Å². The number of rotatable bonds is 8. The van der Waals surface area contributed by atoms with E-state index in [9.17, 15) is 4.79 Å². The smallest absolute Gasteiger partial charge is 0.279 e. The molecule has 3 aromatic rings. The van der Waals surface area contributed by atoms with Crippen LogP contribution >= 0.6 is 11.3 Å². The Morgan fingerprint density at radius 1 is 1.11 bits per heavy atom. The van der Waals surface area contributed by atoms with Gasteiger partial charge in [0.2, 0.25) is 0 Å². The van der Waals surface area contributed by atoms with Crippen LogP contribution in [0.4, 0.5) is 0 Å². The quantitative estimate of drug-likeness (QED) is 0.538. The largest absolute Gasteiger partial charge is 0.497 e. The lowest BCUT2D eigenvalue weighted by atomic mass is 10.2. The van der Waals surface area contributed by atoms with Crippen molar-refractivity contribution in [3.05, 3.63) is 52.8 Å². The molecule has 0 fully saturated rings. The summed E-state index contributed by atoms with van der Waals surface area (Å²) in [6.07, 6.45) is 0. The maximum absolute atomic E-state index is 12.7. The molecule has 28 heavy (non-hydrogen) atoms. The SMILES string of the molecule is CCOCCn1c(=NC(=O)c2ccc(OC)cc2)sc2cccc(OCC)c21. The van der Waals surface area contributed by atoms with E-state index in [2.05, 4.69) is 4.99 Å². The summed E-state index contributed by atoms with van der Waals surface area (Å²) in [6, 6.07) is 12.8. The highest BCUT2D eigenvalue weighted by Crippen LogP contribution is 2.27. The summed E-state index contributed by atoms with van der Waals surface area (Å²) in [7, 11) is 1.59. The van der Waals surface area contributed by atoms with Crippen molar-refractivity contribution < 1.29 is 19.0 Å². The first-order chi connectivity index (χ1) is 13.7. The standard InChI is InChI=1S/C21H24N2O4S/c1-4-26-14-13-23-19-17(27-5-2)7-6-8-18(19)28-21(23)22-20(24)15-9-11-16(25-3)12-10-15/h6-12H,4-5,13-14H2,1-3H3. The lowest BCUT2D eigenvalue weighted by Crippen LogP contribution is -2.20. The van der Waals surface area contributed by atoms with Gasteiger partial charge in [0.15, 0.2) is 4.80 Å². The number of hydrogen-bond donors (Lipinski definition) is 0. The number of benzene rings is 2. The normalized spacial score (nSPS) is 11.8. The average Bonchev–Trinajstić information content (AvgIpc) is 3.06. The Morgan fingerprint density at radius 3 is 2.57 bits per heavy atom. The number of nitrogens with zero attached hydrogens (tertiary/aromatic N) is 2. The second-order valence-corrected chi connectivity index (χ2v) is 6.92. The predicted molar refractivity (Wildman–Crippen MR) is 110 cm³/mol. The van der Waals surface area contributed by atoms with Crippen molar-refractivity contribution in [3.8, 4) is 11.5 Å². The van der Waals surface area contributed by atoms with Crippen LogP contribution in [0.15, 0.2) is 47.5 Å². The molecular formula is C21H24N2O4S. The van der Waals surface area contributed by atoms with Gasteiger partial charge in [0.05, 0.1) is 25.0 Å². The van der Waals surface area contributed by atoms with E-state index in [4.69, 9.17) is 14.2 Å². The zero-order valence-electron chi connectivity index (χ0n) is 16.3. The second-order valence-electron chi connectivity index (χ2n) is 5.91. The third-order valence-electron chi connectivity index (χ3n) is 4.16. The maximum atomic E-state index is 12.7. The fourth-order valence-corrected chi connectivity index (χ4v) is 3.92. The van der Waals surface area contributed by atoms with E-state index in [1.807, 2.05) is 36.6 Å². The summed E-state index contributed by atoms with van der Waals surface area (Å²) in [6.45, 7) is 6.24. The van der Waals surface area contributed by atoms with Crippen LogP contribution < -0.4 is 14.3 Å². The highest BCUT2D eigenvalue weighted by molar-refractivity contribution is 7.16. The molecule has 3 rings (SSSR count). The first-order valence-electron chi connectivity index (χ1n) is 9.24. The molecule has 0 aliphatic heterocycles. The zero-order valence-corrected chi connectivity index (χ0v) is 17.1. The number of carbonyl (C=O) groups is 1. The van der Waals surface area contributed by atoms with Crippen LogP contribution in [0.25, 0.3) is 10.2 Å². The van der Waals surface area contributed by atoms with Gasteiger partial charge < -0.3 is 18.8 Å². The van der Waals surface area contributed by atoms with Gasteiger partial charge in [0.25, 0.3) is 5.91 Å². The molecule has 2 aromatic carbocycles. The minimum absolute atomic E-state index is 0.294. The van der Waals surface area contributed by atoms with Crippen molar-refractivity contribution in [1.29, 1.82) is 0 Å². The van der Waals surface area contributed by atoms with Crippen LogP contribution in [0.3, 0.4) is 0 Å². The zero-order chi connectivity index (χ0) is 19.9. The Hall–Kier alpha value is -2.64. The van der Waals surface area contributed by atoms with Crippen molar-refractivity contribution in [2.45, 2.75) is 20.4 Å². The van der Waals surface area contributed by atoms with Crippen LogP contribution in [-0.4, -0.2) is 37.4 Å². The number of carbonyl (C=O) groups excluding carboxylic acids is 1. The molecule has 0 bridgehead atoms. The maximum Gasteiger partial charge on any atom is 0.279 e. The first kappa shape index (κ1) is 20.1. The fraction of sp³-hybridized carbons (Fsp3) is 0.333. The van der Waals surface area contributed by atoms with Gasteiger partial charge >= 0.3 is 0 Å². The number of aromatic nitrogens is 1. The Labute approximate surface area is 168 Å². The van der Waals surface area contributed by atoms with Gasteiger partial charge in [-0.25, -0.2) is 0 Å². The topological polar surface area (TPSA) is 62.1 Å². The molecule has 0 atom stereocenters. The van der Waals surface area contributed by atoms with Gasteiger partial charge in [-0.15, -0.1) is 0 Å². The molecular weight excluding hydrogens is 376 g/mol. The minimum atomic E-state index is -0.294. The first-order valence-corrected chi connectivity index (χ1v) is 10.1. The molecule has 0 unspecified atom stereocenters. The highest BCUT2D eigenvalue weighted by atomic mass is 32.1. The van der Waals surface area contributed by atoms with E-state index < -0.39 is 0 Å². The average molecular weight is 401 g/mol. The summed E-state index contributed by atoms with van der Waals surface area (Å²) in [5.74, 6) is 1.19. The van der Waals surface area contributed by atoms with Gasteiger partial charge in [-0.1, -0.05) is 17.4 Å². The van der Waals surface area contributed by atoms with Crippen LogP contribution in [0.1, 0.15) is 24.2 Å². The monoisotopic (exact) mass is 400 g/mol. The lowest BCUT2D eigenvalue weighted by molar-refractivity contribution is 0.0996. The molecule has 0 saturated heterocycles. The molecule has 1 heterocycles. The lowest BCUT2D eigenvalue weighted by Gasteiger charge is -2.09. The summed E-state index contributed by atoms with van der Waals surface area (Å²) in [4.78, 5) is 17.7. The van der Waals surface area contributed by atoms with Crippen molar-refractivity contribution in [2.75, 3.05) is 26.9 Å². The van der Waals surface area contributed by atoms with Gasteiger partial charge in [0.1, 0.15) is 17.0 Å². The predicted octanol–water partition coefficient (Wildman–Crippen LogP) is 3.89. The van der Waals surface area contributed by atoms with Crippen molar-refractivity contribution in [1.82, 2.24) is 4.57 Å². The van der Waals surface area contributed by atoms with Crippen LogP contribution in [0.2, 0.25) is 0 Å². The summed E-state index contributed by atoms with van der Waals surface area (Å²) >= 11 is 1.47. The van der Waals surface area contributed by atoms with E-state index in [-0.39, 0.29) is 5.91 Å². The summed E-state index contributed by atoms with van der Waals surface area (Å²) in [5, 5.41) is 0. The van der Waals surface area contributed by atoms with Crippen molar-refractivity contribution in [3.63, 3.8) is 0 Å². The molecule has 0 radical (unpaired) electrons. The Morgan fingerprint density at radius 2 is 1.89 bits per heavy atom. The minimum Gasteiger partial charge on any atom is -0.497 e. The number of thiazole rings is 1. The Kier molecular flexibility index (Phi) is 6.84. The molecule has 0 saturated carbocycles. The van der Waals surface area contributed by atoms with Gasteiger partial charge in [-0.2, -0.15) is 4.99 Å². The molecule has 6 nitrogen and oxygen atoms in total. The fourth-order valence-electron chi connectivity index (χ4n) is 2.85. The van der Waals surface area contributed by atoms with Gasteiger partial charge in [-0.3, -0.25) is 4.79 Å². The highest BCUT2D eigenvalue weighted by Gasteiger charge is 2.13. The van der Waals surface area contributed by atoms with Crippen molar-refractivity contribution in [2.24, 2.45) is 4.99 Å².